The van der Waals surface area contributed by atoms with Crippen molar-refractivity contribution >= 4 is 23.5 Å². The van der Waals surface area contributed by atoms with Crippen LogP contribution in [0.1, 0.15) is 150 Å². The Labute approximate surface area is 264 Å². The number of esters is 2. The van der Waals surface area contributed by atoms with Gasteiger partial charge in [-0.2, -0.15) is 0 Å². The number of hydrogen-bond donors (Lipinski definition) is 0. The van der Waals surface area contributed by atoms with Crippen LogP contribution in [0, 0.1) is 11.8 Å². The highest BCUT2D eigenvalue weighted by Gasteiger charge is 2.33. The fourth-order valence-electron chi connectivity index (χ4n) is 6.16. The largest absolute Gasteiger partial charge is 0.466 e. The molecule has 240 valence electrons. The van der Waals surface area contributed by atoms with Crippen molar-refractivity contribution in [3.8, 4) is 0 Å². The van der Waals surface area contributed by atoms with Gasteiger partial charge in [0.1, 0.15) is 0 Å². The molecule has 2 aromatic rings. The van der Waals surface area contributed by atoms with Gasteiger partial charge in [-0.05, 0) is 83.7 Å². The van der Waals surface area contributed by atoms with E-state index in [1.165, 1.54) is 13.8 Å². The second-order valence-electron chi connectivity index (χ2n) is 14.2. The first-order valence-corrected chi connectivity index (χ1v) is 16.3. The predicted octanol–water partition coefficient (Wildman–Crippen LogP) is 8.54. The van der Waals surface area contributed by atoms with Gasteiger partial charge in [-0.25, -0.2) is 0 Å². The van der Waals surface area contributed by atoms with Crippen molar-refractivity contribution in [2.75, 3.05) is 13.2 Å². The molecule has 0 saturated carbocycles. The summed E-state index contributed by atoms with van der Waals surface area (Å²) < 4.78 is 10.2. The average Bonchev–Trinajstić information content (AvgIpc) is 2.94. The molecule has 0 saturated heterocycles. The Kier molecular flexibility index (Phi) is 12.1. The van der Waals surface area contributed by atoms with Crippen molar-refractivity contribution in [1.29, 1.82) is 0 Å². The second kappa shape index (κ2) is 15.1. The summed E-state index contributed by atoms with van der Waals surface area (Å²) in [4.78, 5) is 49.4. The SMILES string of the molecule is CC(=O)OCCC(C)CCCC(C)(C)c1ccc2c(c1)C(=O)c1cc(C(C)(C)CCCC(C)CCOC(C)=O)ccc1C2=O. The summed E-state index contributed by atoms with van der Waals surface area (Å²) in [5, 5.41) is 0. The smallest absolute Gasteiger partial charge is 0.302 e. The van der Waals surface area contributed by atoms with Gasteiger partial charge in [0.2, 0.25) is 0 Å². The van der Waals surface area contributed by atoms with Crippen LogP contribution >= 0.6 is 0 Å². The molecule has 0 amide bonds. The average molecular weight is 605 g/mol. The van der Waals surface area contributed by atoms with Gasteiger partial charge in [0, 0.05) is 36.1 Å². The highest BCUT2D eigenvalue weighted by Crippen LogP contribution is 2.37. The molecule has 0 aromatic heterocycles. The van der Waals surface area contributed by atoms with E-state index < -0.39 is 0 Å². The number of benzene rings is 2. The van der Waals surface area contributed by atoms with Crippen molar-refractivity contribution in [3.05, 3.63) is 69.8 Å². The number of ketones is 2. The molecule has 1 aliphatic rings. The molecule has 1 aliphatic carbocycles. The maximum atomic E-state index is 13.9. The van der Waals surface area contributed by atoms with E-state index in [2.05, 4.69) is 41.5 Å². The molecule has 3 rings (SSSR count). The van der Waals surface area contributed by atoms with Crippen LogP contribution in [0.5, 0.6) is 0 Å². The van der Waals surface area contributed by atoms with E-state index in [1.54, 1.807) is 0 Å². The van der Waals surface area contributed by atoms with Crippen molar-refractivity contribution in [2.45, 2.75) is 118 Å². The maximum Gasteiger partial charge on any atom is 0.302 e. The van der Waals surface area contributed by atoms with E-state index in [-0.39, 0.29) is 34.3 Å². The Hall–Kier alpha value is -3.28. The number of rotatable bonds is 16. The molecule has 0 spiro atoms. The Balaban J connectivity index is 1.69. The lowest BCUT2D eigenvalue weighted by molar-refractivity contribution is -0.142. The van der Waals surface area contributed by atoms with Crippen LogP contribution in [-0.4, -0.2) is 36.7 Å². The maximum absolute atomic E-state index is 13.9. The molecule has 6 heteroatoms. The van der Waals surface area contributed by atoms with E-state index in [4.69, 9.17) is 9.47 Å². The highest BCUT2D eigenvalue weighted by molar-refractivity contribution is 6.28. The molecule has 2 aromatic carbocycles. The first-order valence-electron chi connectivity index (χ1n) is 16.3. The van der Waals surface area contributed by atoms with Gasteiger partial charge in [-0.3, -0.25) is 19.2 Å². The first-order chi connectivity index (χ1) is 20.6. The predicted molar refractivity (Wildman–Crippen MR) is 174 cm³/mol. The van der Waals surface area contributed by atoms with E-state index >= 15 is 0 Å². The molecule has 2 unspecified atom stereocenters. The molecule has 0 N–H and O–H groups in total. The van der Waals surface area contributed by atoms with Crippen molar-refractivity contribution in [1.82, 2.24) is 0 Å². The molecule has 0 aliphatic heterocycles. The molecule has 2 atom stereocenters. The molecule has 6 nitrogen and oxygen atoms in total. The summed E-state index contributed by atoms with van der Waals surface area (Å²) in [5.41, 5.74) is 3.77. The lowest BCUT2D eigenvalue weighted by Crippen LogP contribution is -2.25. The number of carbonyl (C=O) groups excluding carboxylic acids is 4. The Bertz CT molecular complexity index is 1250. The lowest BCUT2D eigenvalue weighted by atomic mass is 9.74. The Morgan fingerprint density at radius 2 is 0.977 bits per heavy atom. The van der Waals surface area contributed by atoms with Gasteiger partial charge < -0.3 is 9.47 Å². The monoisotopic (exact) mass is 604 g/mol. The molecular weight excluding hydrogens is 552 g/mol. The van der Waals surface area contributed by atoms with Crippen molar-refractivity contribution < 1.29 is 28.7 Å². The minimum Gasteiger partial charge on any atom is -0.466 e. The Morgan fingerprint density at radius 3 is 1.34 bits per heavy atom. The summed E-state index contributed by atoms with van der Waals surface area (Å²) in [6.45, 7) is 16.9. The summed E-state index contributed by atoms with van der Waals surface area (Å²) >= 11 is 0. The fraction of sp³-hybridized carbons (Fsp3) is 0.579. The fourth-order valence-corrected chi connectivity index (χ4v) is 6.16. The number of fused-ring (bicyclic) bond motifs is 2. The molecule has 0 fully saturated rings. The van der Waals surface area contributed by atoms with Crippen LogP contribution in [0.15, 0.2) is 36.4 Å². The minimum atomic E-state index is -0.239. The van der Waals surface area contributed by atoms with E-state index in [0.29, 0.717) is 47.3 Å². The lowest BCUT2D eigenvalue weighted by Gasteiger charge is -2.29. The first kappa shape index (κ1) is 35.2. The van der Waals surface area contributed by atoms with Crippen LogP contribution in [0.4, 0.5) is 0 Å². The van der Waals surface area contributed by atoms with Gasteiger partial charge in [-0.1, -0.05) is 79.4 Å². The van der Waals surface area contributed by atoms with Gasteiger partial charge in [0.05, 0.1) is 13.2 Å². The number of carbonyl (C=O) groups is 4. The molecule has 0 heterocycles. The van der Waals surface area contributed by atoms with Crippen molar-refractivity contribution in [2.24, 2.45) is 11.8 Å². The summed E-state index contributed by atoms with van der Waals surface area (Å²) in [6.07, 6.45) is 7.70. The van der Waals surface area contributed by atoms with E-state index in [9.17, 15) is 19.2 Å². The summed E-state index contributed by atoms with van der Waals surface area (Å²) in [5.74, 6) is 0.264. The second-order valence-corrected chi connectivity index (χ2v) is 14.2. The normalized spacial score (nSPS) is 14.5. The molecule has 0 bridgehead atoms. The summed E-state index contributed by atoms with van der Waals surface area (Å²) in [7, 11) is 0. The molecule has 0 radical (unpaired) electrons. The van der Waals surface area contributed by atoms with Gasteiger partial charge in [0.15, 0.2) is 11.6 Å². The zero-order valence-electron chi connectivity index (χ0n) is 28.1. The summed E-state index contributed by atoms with van der Waals surface area (Å²) in [6, 6.07) is 11.6. The molecule has 44 heavy (non-hydrogen) atoms. The third kappa shape index (κ3) is 9.36. The Morgan fingerprint density at radius 1 is 0.614 bits per heavy atom. The van der Waals surface area contributed by atoms with Crippen LogP contribution in [0.3, 0.4) is 0 Å². The van der Waals surface area contributed by atoms with E-state index in [0.717, 1.165) is 62.5 Å². The third-order valence-electron chi connectivity index (χ3n) is 9.41. The van der Waals surface area contributed by atoms with Gasteiger partial charge in [-0.15, -0.1) is 0 Å². The van der Waals surface area contributed by atoms with Crippen LogP contribution < -0.4 is 0 Å². The third-order valence-corrected chi connectivity index (χ3v) is 9.41. The zero-order chi connectivity index (χ0) is 32.7. The highest BCUT2D eigenvalue weighted by atomic mass is 16.5. The number of ether oxygens (including phenoxy) is 2. The molecular formula is C38H52O6. The minimum absolute atomic E-state index is 0.0805. The van der Waals surface area contributed by atoms with Crippen LogP contribution in [0.2, 0.25) is 0 Å². The quantitative estimate of drug-likeness (QED) is 0.152. The van der Waals surface area contributed by atoms with E-state index in [1.807, 2.05) is 36.4 Å². The van der Waals surface area contributed by atoms with Crippen molar-refractivity contribution in [3.63, 3.8) is 0 Å². The standard InChI is InChI=1S/C38H52O6/c1-25(17-21-43-27(3)39)11-9-19-37(5,6)29-13-15-31-33(23-29)36(42)34-24-30(14-16-32(34)35(31)41)38(7,8)20-10-12-26(2)18-22-44-28(4)40/h13-16,23-26H,9-12,17-22H2,1-8H3. The van der Waals surface area contributed by atoms with Gasteiger partial charge in [0.25, 0.3) is 0 Å². The zero-order valence-corrected chi connectivity index (χ0v) is 28.1. The number of hydrogen-bond acceptors (Lipinski definition) is 6. The van der Waals surface area contributed by atoms with Gasteiger partial charge >= 0.3 is 11.9 Å². The van der Waals surface area contributed by atoms with Crippen LogP contribution in [0.25, 0.3) is 0 Å². The topological polar surface area (TPSA) is 86.7 Å². The van der Waals surface area contributed by atoms with Crippen LogP contribution in [-0.2, 0) is 29.9 Å².